The van der Waals surface area contributed by atoms with Crippen LogP contribution in [0.4, 0.5) is 0 Å². The Morgan fingerprint density at radius 3 is 0.931 bits per heavy atom. The summed E-state index contributed by atoms with van der Waals surface area (Å²) in [6.07, 6.45) is 36.1. The first-order valence-electron chi connectivity index (χ1n) is 14.1. The Labute approximate surface area is 187 Å². The van der Waals surface area contributed by atoms with Crippen LogP contribution in [-0.4, -0.2) is 0 Å². The minimum Gasteiger partial charge on any atom is -0.0654 e. The van der Waals surface area contributed by atoms with Crippen LogP contribution in [-0.2, 0) is 0 Å². The second-order valence-corrected chi connectivity index (χ2v) is 9.80. The Hall–Kier alpha value is 0. The van der Waals surface area contributed by atoms with Crippen LogP contribution in [0.15, 0.2) is 0 Å². The highest BCUT2D eigenvalue weighted by Gasteiger charge is 2.07. The van der Waals surface area contributed by atoms with Crippen molar-refractivity contribution in [2.24, 2.45) is 5.92 Å². The molecule has 0 nitrogen and oxygen atoms in total. The average molecular weight is 408 g/mol. The summed E-state index contributed by atoms with van der Waals surface area (Å²) in [4.78, 5) is 0. The maximum absolute atomic E-state index is 4.12. The predicted octanol–water partition coefficient (Wildman–Crippen LogP) is 11.2. The zero-order chi connectivity index (χ0) is 21.3. The molecule has 1 unspecified atom stereocenters. The van der Waals surface area contributed by atoms with E-state index in [1.165, 1.54) is 154 Å². The fourth-order valence-corrected chi connectivity index (χ4v) is 4.74. The van der Waals surface area contributed by atoms with Gasteiger partial charge in [-0.05, 0) is 5.92 Å². The van der Waals surface area contributed by atoms with Crippen LogP contribution >= 0.6 is 0 Å². The monoisotopic (exact) mass is 407 g/mol. The molecule has 0 aromatic carbocycles. The van der Waals surface area contributed by atoms with E-state index < -0.39 is 0 Å². The summed E-state index contributed by atoms with van der Waals surface area (Å²) >= 11 is 0. The van der Waals surface area contributed by atoms with Crippen LogP contribution in [0.3, 0.4) is 0 Å². The SMILES string of the molecule is [CH2]CCC(CCCCCCCCC)CCCCCCCCCCCCCCCC. The van der Waals surface area contributed by atoms with Gasteiger partial charge in [0.1, 0.15) is 0 Å². The summed E-state index contributed by atoms with van der Waals surface area (Å²) in [6.45, 7) is 8.73. The maximum atomic E-state index is 4.12. The molecule has 0 bridgehead atoms. The fraction of sp³-hybridized carbons (Fsp3) is 0.966. The first-order chi connectivity index (χ1) is 14.3. The van der Waals surface area contributed by atoms with Crippen molar-refractivity contribution < 1.29 is 0 Å². The molecule has 0 heterocycles. The lowest BCUT2D eigenvalue weighted by molar-refractivity contribution is 0.382. The van der Waals surface area contributed by atoms with Gasteiger partial charge in [-0.1, -0.05) is 181 Å². The molecule has 0 aromatic heterocycles. The second-order valence-electron chi connectivity index (χ2n) is 9.80. The molecule has 1 radical (unpaired) electrons. The zero-order valence-corrected chi connectivity index (χ0v) is 21.0. The highest BCUT2D eigenvalue weighted by molar-refractivity contribution is 4.62. The lowest BCUT2D eigenvalue weighted by Gasteiger charge is -2.16. The predicted molar refractivity (Wildman–Crippen MR) is 136 cm³/mol. The molecule has 0 aliphatic carbocycles. The minimum absolute atomic E-state index is 0.973. The van der Waals surface area contributed by atoms with E-state index in [0.717, 1.165) is 12.3 Å². The van der Waals surface area contributed by atoms with Gasteiger partial charge in [-0.2, -0.15) is 0 Å². The average Bonchev–Trinajstić information content (AvgIpc) is 2.73. The van der Waals surface area contributed by atoms with E-state index in [4.69, 9.17) is 0 Å². The molecular formula is C29H59. The summed E-state index contributed by atoms with van der Waals surface area (Å²) < 4.78 is 0. The van der Waals surface area contributed by atoms with Crippen LogP contribution < -0.4 is 0 Å². The largest absolute Gasteiger partial charge is 0.0654 e. The van der Waals surface area contributed by atoms with Crippen LogP contribution in [0.1, 0.15) is 174 Å². The van der Waals surface area contributed by atoms with Gasteiger partial charge in [-0.25, -0.2) is 0 Å². The summed E-state index contributed by atoms with van der Waals surface area (Å²) in [7, 11) is 0. The molecule has 1 atom stereocenters. The first-order valence-corrected chi connectivity index (χ1v) is 14.1. The number of hydrogen-bond acceptors (Lipinski definition) is 0. The fourth-order valence-electron chi connectivity index (χ4n) is 4.74. The molecule has 0 saturated carbocycles. The first kappa shape index (κ1) is 29.0. The van der Waals surface area contributed by atoms with Gasteiger partial charge >= 0.3 is 0 Å². The molecule has 0 amide bonds. The Bertz CT molecular complexity index is 269. The number of rotatable bonds is 25. The van der Waals surface area contributed by atoms with Crippen molar-refractivity contribution in [2.45, 2.75) is 174 Å². The molecular weight excluding hydrogens is 348 g/mol. The van der Waals surface area contributed by atoms with Gasteiger partial charge in [0.25, 0.3) is 0 Å². The van der Waals surface area contributed by atoms with Crippen LogP contribution in [0.5, 0.6) is 0 Å². The van der Waals surface area contributed by atoms with E-state index in [2.05, 4.69) is 20.8 Å². The summed E-state index contributed by atoms with van der Waals surface area (Å²) in [5.41, 5.74) is 0. The van der Waals surface area contributed by atoms with Crippen LogP contribution in [0, 0.1) is 12.8 Å². The van der Waals surface area contributed by atoms with Crippen molar-refractivity contribution in [3.63, 3.8) is 0 Å². The molecule has 0 fully saturated rings. The molecule has 0 spiro atoms. The van der Waals surface area contributed by atoms with Crippen molar-refractivity contribution in [1.82, 2.24) is 0 Å². The minimum atomic E-state index is 0.973. The third-order valence-electron chi connectivity index (χ3n) is 6.79. The number of unbranched alkanes of at least 4 members (excludes halogenated alkanes) is 19. The van der Waals surface area contributed by atoms with Gasteiger partial charge in [-0.3, -0.25) is 0 Å². The highest BCUT2D eigenvalue weighted by Crippen LogP contribution is 2.23. The second kappa shape index (κ2) is 26.0. The van der Waals surface area contributed by atoms with Gasteiger partial charge in [0.2, 0.25) is 0 Å². The van der Waals surface area contributed by atoms with E-state index in [1.54, 1.807) is 0 Å². The molecule has 0 rings (SSSR count). The van der Waals surface area contributed by atoms with Crippen molar-refractivity contribution >= 4 is 0 Å². The molecule has 0 heteroatoms. The highest BCUT2D eigenvalue weighted by atomic mass is 14.1. The van der Waals surface area contributed by atoms with Gasteiger partial charge in [0.15, 0.2) is 0 Å². The Kier molecular flexibility index (Phi) is 26.0. The Morgan fingerprint density at radius 2 is 0.655 bits per heavy atom. The molecule has 0 aliphatic heterocycles. The van der Waals surface area contributed by atoms with E-state index in [0.29, 0.717) is 0 Å². The summed E-state index contributed by atoms with van der Waals surface area (Å²) in [6, 6.07) is 0. The lowest BCUT2D eigenvalue weighted by Crippen LogP contribution is -2.00. The third kappa shape index (κ3) is 24.1. The molecule has 0 aliphatic rings. The third-order valence-corrected chi connectivity index (χ3v) is 6.79. The van der Waals surface area contributed by atoms with Gasteiger partial charge < -0.3 is 0 Å². The van der Waals surface area contributed by atoms with Gasteiger partial charge in [-0.15, -0.1) is 0 Å². The van der Waals surface area contributed by atoms with Crippen molar-refractivity contribution in [1.29, 1.82) is 0 Å². The zero-order valence-electron chi connectivity index (χ0n) is 21.0. The standard InChI is InChI=1S/C29H59/c1-4-7-9-11-13-14-15-16-17-18-19-21-23-25-28-29(26-6-3)27-24-22-20-12-10-8-5-2/h29H,3-28H2,1-2H3. The quantitative estimate of drug-likeness (QED) is 0.132. The topological polar surface area (TPSA) is 0 Å². The van der Waals surface area contributed by atoms with Crippen LogP contribution in [0.2, 0.25) is 0 Å². The number of hydrogen-bond donors (Lipinski definition) is 0. The molecule has 0 aromatic rings. The van der Waals surface area contributed by atoms with Gasteiger partial charge in [0.05, 0.1) is 0 Å². The Balaban J connectivity index is 3.35. The summed E-state index contributed by atoms with van der Waals surface area (Å²) in [5, 5.41) is 0. The molecule has 0 N–H and O–H groups in total. The Morgan fingerprint density at radius 1 is 0.379 bits per heavy atom. The van der Waals surface area contributed by atoms with E-state index in [1.807, 2.05) is 0 Å². The van der Waals surface area contributed by atoms with Crippen molar-refractivity contribution in [2.75, 3.05) is 0 Å². The van der Waals surface area contributed by atoms with Crippen molar-refractivity contribution in [3.8, 4) is 0 Å². The van der Waals surface area contributed by atoms with Crippen molar-refractivity contribution in [3.05, 3.63) is 6.92 Å². The smallest absolute Gasteiger partial charge is 0.0414 e. The lowest BCUT2D eigenvalue weighted by atomic mass is 9.90. The normalized spacial score (nSPS) is 12.5. The van der Waals surface area contributed by atoms with E-state index >= 15 is 0 Å². The maximum Gasteiger partial charge on any atom is -0.0414 e. The summed E-state index contributed by atoms with van der Waals surface area (Å²) in [5.74, 6) is 0.973. The van der Waals surface area contributed by atoms with E-state index in [-0.39, 0.29) is 0 Å². The van der Waals surface area contributed by atoms with Crippen LogP contribution in [0.25, 0.3) is 0 Å². The van der Waals surface area contributed by atoms with Gasteiger partial charge in [0, 0.05) is 0 Å². The molecule has 29 heavy (non-hydrogen) atoms. The molecule has 175 valence electrons. The molecule has 0 saturated heterocycles. The van der Waals surface area contributed by atoms with E-state index in [9.17, 15) is 0 Å².